The normalized spacial score (nSPS) is 18.6. The second-order valence-corrected chi connectivity index (χ2v) is 6.12. The van der Waals surface area contributed by atoms with Gasteiger partial charge < -0.3 is 9.47 Å². The average molecular weight is 297 g/mol. The molecule has 0 amide bonds. The van der Waals surface area contributed by atoms with Crippen LogP contribution >= 0.6 is 11.3 Å². The van der Waals surface area contributed by atoms with Crippen LogP contribution in [0, 0.1) is 0 Å². The minimum atomic E-state index is -0.140. The molecule has 1 fully saturated rings. The Kier molecular flexibility index (Phi) is 6.50. The largest absolute Gasteiger partial charge is 0.469 e. The Morgan fingerprint density at radius 1 is 1.55 bits per heavy atom. The van der Waals surface area contributed by atoms with Crippen molar-refractivity contribution in [1.82, 2.24) is 4.90 Å². The fourth-order valence-corrected chi connectivity index (χ4v) is 3.14. The molecule has 0 radical (unpaired) electrons. The molecule has 0 N–H and O–H groups in total. The van der Waals surface area contributed by atoms with Crippen LogP contribution in [0.3, 0.4) is 0 Å². The smallest absolute Gasteiger partial charge is 0.306 e. The maximum absolute atomic E-state index is 11.3. The highest BCUT2D eigenvalue weighted by molar-refractivity contribution is 7.09. The first kappa shape index (κ1) is 15.5. The minimum absolute atomic E-state index is 0.140. The molecule has 4 nitrogen and oxygen atoms in total. The first-order valence-corrected chi connectivity index (χ1v) is 8.09. The molecule has 5 heteroatoms. The van der Waals surface area contributed by atoms with Gasteiger partial charge >= 0.3 is 5.97 Å². The summed E-state index contributed by atoms with van der Waals surface area (Å²) in [5.41, 5.74) is 0. The number of carbonyl (C=O) groups is 1. The fourth-order valence-electron chi connectivity index (χ4n) is 2.45. The SMILES string of the molecule is COC(=O)CCN(CCc1cccs1)CC1CCCO1. The molecule has 0 spiro atoms. The lowest BCUT2D eigenvalue weighted by molar-refractivity contribution is -0.141. The van der Waals surface area contributed by atoms with Gasteiger partial charge in [-0.1, -0.05) is 6.07 Å². The quantitative estimate of drug-likeness (QED) is 0.690. The van der Waals surface area contributed by atoms with E-state index >= 15 is 0 Å². The zero-order valence-corrected chi connectivity index (χ0v) is 12.9. The van der Waals surface area contributed by atoms with Crippen LogP contribution in [0.25, 0.3) is 0 Å². The van der Waals surface area contributed by atoms with Crippen molar-refractivity contribution in [2.45, 2.75) is 31.8 Å². The summed E-state index contributed by atoms with van der Waals surface area (Å²) in [6, 6.07) is 4.24. The van der Waals surface area contributed by atoms with E-state index in [1.54, 1.807) is 11.3 Å². The Hall–Kier alpha value is -0.910. The minimum Gasteiger partial charge on any atom is -0.469 e. The van der Waals surface area contributed by atoms with Gasteiger partial charge in [-0.25, -0.2) is 0 Å². The van der Waals surface area contributed by atoms with Crippen LogP contribution in [-0.2, 0) is 20.7 Å². The summed E-state index contributed by atoms with van der Waals surface area (Å²) in [6.07, 6.45) is 4.10. The third kappa shape index (κ3) is 5.23. The lowest BCUT2D eigenvalue weighted by Crippen LogP contribution is -2.35. The summed E-state index contributed by atoms with van der Waals surface area (Å²) in [5, 5.41) is 2.11. The van der Waals surface area contributed by atoms with Gasteiger partial charge in [0.1, 0.15) is 0 Å². The van der Waals surface area contributed by atoms with E-state index in [4.69, 9.17) is 9.47 Å². The molecular formula is C15H23NO3S. The predicted molar refractivity (Wildman–Crippen MR) is 80.1 cm³/mol. The molecule has 1 aromatic rings. The molecule has 2 rings (SSSR count). The van der Waals surface area contributed by atoms with Crippen LogP contribution in [0.4, 0.5) is 0 Å². The molecule has 1 aromatic heterocycles. The lowest BCUT2D eigenvalue weighted by Gasteiger charge is -2.24. The van der Waals surface area contributed by atoms with Crippen LogP contribution in [0.15, 0.2) is 17.5 Å². The molecule has 1 aliphatic rings. The van der Waals surface area contributed by atoms with Crippen molar-refractivity contribution in [2.24, 2.45) is 0 Å². The Balaban J connectivity index is 1.79. The van der Waals surface area contributed by atoms with E-state index in [0.29, 0.717) is 12.5 Å². The van der Waals surface area contributed by atoms with E-state index in [1.807, 2.05) is 0 Å². The molecule has 0 aromatic carbocycles. The first-order chi connectivity index (χ1) is 9.78. The van der Waals surface area contributed by atoms with Crippen molar-refractivity contribution in [2.75, 3.05) is 33.4 Å². The first-order valence-electron chi connectivity index (χ1n) is 7.21. The van der Waals surface area contributed by atoms with E-state index in [-0.39, 0.29) is 5.97 Å². The molecule has 1 atom stereocenters. The molecule has 1 unspecified atom stereocenters. The highest BCUT2D eigenvalue weighted by Crippen LogP contribution is 2.15. The van der Waals surface area contributed by atoms with Crippen LogP contribution in [0.5, 0.6) is 0 Å². The van der Waals surface area contributed by atoms with Gasteiger partial charge in [0.2, 0.25) is 0 Å². The van der Waals surface area contributed by atoms with Gasteiger partial charge in [0.05, 0.1) is 19.6 Å². The van der Waals surface area contributed by atoms with E-state index in [9.17, 15) is 4.79 Å². The molecule has 0 bridgehead atoms. The molecular weight excluding hydrogens is 274 g/mol. The standard InChI is InChI=1S/C15H23NO3S/c1-18-15(17)7-9-16(12-13-4-2-10-19-13)8-6-14-5-3-11-20-14/h3,5,11,13H,2,4,6-10,12H2,1H3. The second kappa shape index (κ2) is 8.39. The zero-order valence-electron chi connectivity index (χ0n) is 12.0. The summed E-state index contributed by atoms with van der Waals surface area (Å²) in [5.74, 6) is -0.140. The van der Waals surface area contributed by atoms with E-state index < -0.39 is 0 Å². The number of carbonyl (C=O) groups excluding carboxylic acids is 1. The molecule has 112 valence electrons. The van der Waals surface area contributed by atoms with Crippen LogP contribution in [-0.4, -0.2) is 50.3 Å². The fraction of sp³-hybridized carbons (Fsp3) is 0.667. The van der Waals surface area contributed by atoms with Gasteiger partial charge in [-0.3, -0.25) is 9.69 Å². The molecule has 20 heavy (non-hydrogen) atoms. The Morgan fingerprint density at radius 3 is 3.10 bits per heavy atom. The monoisotopic (exact) mass is 297 g/mol. The third-order valence-electron chi connectivity index (χ3n) is 3.60. The number of hydrogen-bond acceptors (Lipinski definition) is 5. The zero-order chi connectivity index (χ0) is 14.2. The topological polar surface area (TPSA) is 38.8 Å². The van der Waals surface area contributed by atoms with Gasteiger partial charge in [0.15, 0.2) is 0 Å². The van der Waals surface area contributed by atoms with Crippen molar-refractivity contribution in [3.05, 3.63) is 22.4 Å². The third-order valence-corrected chi connectivity index (χ3v) is 4.54. The predicted octanol–water partition coefficient (Wildman–Crippen LogP) is 2.33. The summed E-state index contributed by atoms with van der Waals surface area (Å²) in [4.78, 5) is 15.0. The number of ether oxygens (including phenoxy) is 2. The molecule has 1 saturated heterocycles. The number of thiophene rings is 1. The highest BCUT2D eigenvalue weighted by Gasteiger charge is 2.19. The van der Waals surface area contributed by atoms with Crippen LogP contribution in [0.1, 0.15) is 24.1 Å². The van der Waals surface area contributed by atoms with E-state index in [0.717, 1.165) is 45.5 Å². The molecule has 1 aliphatic heterocycles. The Morgan fingerprint density at radius 2 is 2.45 bits per heavy atom. The number of nitrogens with zero attached hydrogens (tertiary/aromatic N) is 1. The van der Waals surface area contributed by atoms with Crippen molar-refractivity contribution >= 4 is 17.3 Å². The number of rotatable bonds is 8. The van der Waals surface area contributed by atoms with Crippen molar-refractivity contribution < 1.29 is 14.3 Å². The molecule has 0 aliphatic carbocycles. The van der Waals surface area contributed by atoms with E-state index in [1.165, 1.54) is 12.0 Å². The highest BCUT2D eigenvalue weighted by atomic mass is 32.1. The molecule has 2 heterocycles. The van der Waals surface area contributed by atoms with Gasteiger partial charge in [0, 0.05) is 31.1 Å². The van der Waals surface area contributed by atoms with Gasteiger partial charge in [-0.15, -0.1) is 11.3 Å². The number of esters is 1. The number of methoxy groups -OCH3 is 1. The second-order valence-electron chi connectivity index (χ2n) is 5.09. The maximum atomic E-state index is 11.3. The van der Waals surface area contributed by atoms with Crippen LogP contribution in [0.2, 0.25) is 0 Å². The van der Waals surface area contributed by atoms with E-state index in [2.05, 4.69) is 22.4 Å². The van der Waals surface area contributed by atoms with Crippen molar-refractivity contribution in [1.29, 1.82) is 0 Å². The Labute approximate surface area is 124 Å². The Bertz CT molecular complexity index is 388. The summed E-state index contributed by atoms with van der Waals surface area (Å²) in [7, 11) is 1.44. The maximum Gasteiger partial charge on any atom is 0.306 e. The molecule has 0 saturated carbocycles. The van der Waals surface area contributed by atoms with Crippen molar-refractivity contribution in [3.8, 4) is 0 Å². The summed E-state index contributed by atoms with van der Waals surface area (Å²) < 4.78 is 10.4. The van der Waals surface area contributed by atoms with Crippen molar-refractivity contribution in [3.63, 3.8) is 0 Å². The van der Waals surface area contributed by atoms with Gasteiger partial charge in [0.25, 0.3) is 0 Å². The van der Waals surface area contributed by atoms with Gasteiger partial charge in [-0.2, -0.15) is 0 Å². The summed E-state index contributed by atoms with van der Waals surface area (Å²) in [6.45, 7) is 3.51. The lowest BCUT2D eigenvalue weighted by atomic mass is 10.2. The number of hydrogen-bond donors (Lipinski definition) is 0. The van der Waals surface area contributed by atoms with Crippen LogP contribution < -0.4 is 0 Å². The van der Waals surface area contributed by atoms with Gasteiger partial charge in [-0.05, 0) is 30.7 Å². The summed E-state index contributed by atoms with van der Waals surface area (Å²) >= 11 is 1.79. The average Bonchev–Trinajstić information content (AvgIpc) is 3.14.